The van der Waals surface area contributed by atoms with Crippen LogP contribution in [0.3, 0.4) is 0 Å². The van der Waals surface area contributed by atoms with Gasteiger partial charge in [-0.2, -0.15) is 0 Å². The van der Waals surface area contributed by atoms with Gasteiger partial charge in [0.05, 0.1) is 11.5 Å². The second-order valence-electron chi connectivity index (χ2n) is 5.38. The molecular weight excluding hydrogens is 268 g/mol. The maximum Gasteiger partial charge on any atom is 0.119 e. The highest BCUT2D eigenvalue weighted by Crippen LogP contribution is 2.28. The van der Waals surface area contributed by atoms with E-state index >= 15 is 0 Å². The first kappa shape index (κ1) is 13.5. The average molecular weight is 287 g/mol. The molecule has 0 bridgehead atoms. The van der Waals surface area contributed by atoms with Crippen LogP contribution in [-0.2, 0) is 6.42 Å². The third-order valence-corrected chi connectivity index (χ3v) is 4.07. The lowest BCUT2D eigenvalue weighted by atomic mass is 10.0. The molecular formula is C18H19ClO. The third kappa shape index (κ3) is 3.77. The molecule has 104 valence electrons. The summed E-state index contributed by atoms with van der Waals surface area (Å²) in [5.41, 5.74) is 2.51. The van der Waals surface area contributed by atoms with Crippen molar-refractivity contribution >= 4 is 11.6 Å². The molecule has 1 atom stereocenters. The SMILES string of the molecule is ClC(CCc1ccc(OC2CC2)cc1)c1ccccc1. The number of alkyl halides is 1. The van der Waals surface area contributed by atoms with Crippen LogP contribution in [0.15, 0.2) is 54.6 Å². The molecule has 0 aromatic heterocycles. The maximum absolute atomic E-state index is 6.44. The highest BCUT2D eigenvalue weighted by Gasteiger charge is 2.23. The molecule has 1 saturated carbocycles. The van der Waals surface area contributed by atoms with Gasteiger partial charge in [0.1, 0.15) is 5.75 Å². The van der Waals surface area contributed by atoms with Gasteiger partial charge in [0.25, 0.3) is 0 Å². The molecule has 1 aliphatic carbocycles. The molecule has 2 aromatic rings. The molecule has 0 saturated heterocycles. The summed E-state index contributed by atoms with van der Waals surface area (Å²) in [5, 5.41) is 0.0820. The monoisotopic (exact) mass is 286 g/mol. The van der Waals surface area contributed by atoms with E-state index in [1.165, 1.54) is 24.0 Å². The zero-order valence-electron chi connectivity index (χ0n) is 11.5. The lowest BCUT2D eigenvalue weighted by Crippen LogP contribution is -1.97. The van der Waals surface area contributed by atoms with Crippen LogP contribution >= 0.6 is 11.6 Å². The predicted octanol–water partition coefficient (Wildman–Crippen LogP) is 5.14. The number of benzene rings is 2. The molecule has 0 spiro atoms. The number of aryl methyl sites for hydroxylation is 1. The van der Waals surface area contributed by atoms with Gasteiger partial charge in [-0.3, -0.25) is 0 Å². The predicted molar refractivity (Wildman–Crippen MR) is 83.4 cm³/mol. The van der Waals surface area contributed by atoms with Crippen molar-refractivity contribution in [1.82, 2.24) is 0 Å². The van der Waals surface area contributed by atoms with Crippen molar-refractivity contribution in [3.63, 3.8) is 0 Å². The smallest absolute Gasteiger partial charge is 0.119 e. The standard InChI is InChI=1S/C18H19ClO/c19-18(15-4-2-1-3-5-15)13-8-14-6-9-16(10-7-14)20-17-11-12-17/h1-7,9-10,17-18H,8,11-13H2. The first-order valence-corrected chi connectivity index (χ1v) is 7.69. The van der Waals surface area contributed by atoms with E-state index in [0.29, 0.717) is 6.10 Å². The van der Waals surface area contributed by atoms with E-state index < -0.39 is 0 Å². The summed E-state index contributed by atoms with van der Waals surface area (Å²) in [7, 11) is 0. The fourth-order valence-corrected chi connectivity index (χ4v) is 2.49. The van der Waals surface area contributed by atoms with Gasteiger partial charge in [-0.05, 0) is 48.9 Å². The summed E-state index contributed by atoms with van der Waals surface area (Å²) in [6, 6.07) is 18.7. The molecule has 2 aromatic carbocycles. The minimum absolute atomic E-state index is 0.0820. The Labute approximate surface area is 125 Å². The maximum atomic E-state index is 6.44. The van der Waals surface area contributed by atoms with Crippen molar-refractivity contribution in [1.29, 1.82) is 0 Å². The Hall–Kier alpha value is -1.47. The Morgan fingerprint density at radius 3 is 2.35 bits per heavy atom. The zero-order valence-corrected chi connectivity index (χ0v) is 12.2. The molecule has 1 unspecified atom stereocenters. The van der Waals surface area contributed by atoms with Crippen LogP contribution in [0, 0.1) is 0 Å². The van der Waals surface area contributed by atoms with Crippen molar-refractivity contribution in [2.45, 2.75) is 37.2 Å². The summed E-state index contributed by atoms with van der Waals surface area (Å²) in [4.78, 5) is 0. The fourth-order valence-electron chi connectivity index (χ4n) is 2.23. The van der Waals surface area contributed by atoms with Gasteiger partial charge in [-0.1, -0.05) is 42.5 Å². The Morgan fingerprint density at radius 2 is 1.70 bits per heavy atom. The summed E-state index contributed by atoms with van der Waals surface area (Å²) >= 11 is 6.44. The lowest BCUT2D eigenvalue weighted by Gasteiger charge is -2.10. The van der Waals surface area contributed by atoms with E-state index in [9.17, 15) is 0 Å². The Bertz CT molecular complexity index is 531. The van der Waals surface area contributed by atoms with Crippen LogP contribution in [0.2, 0.25) is 0 Å². The Balaban J connectivity index is 1.52. The zero-order chi connectivity index (χ0) is 13.8. The number of hydrogen-bond acceptors (Lipinski definition) is 1. The summed E-state index contributed by atoms with van der Waals surface area (Å²) < 4.78 is 5.75. The minimum atomic E-state index is 0.0820. The quantitative estimate of drug-likeness (QED) is 0.668. The van der Waals surface area contributed by atoms with E-state index in [0.717, 1.165) is 18.6 Å². The van der Waals surface area contributed by atoms with Gasteiger partial charge in [0.2, 0.25) is 0 Å². The van der Waals surface area contributed by atoms with Crippen LogP contribution in [-0.4, -0.2) is 6.10 Å². The van der Waals surface area contributed by atoms with Crippen molar-refractivity contribution in [3.8, 4) is 5.75 Å². The van der Waals surface area contributed by atoms with E-state index in [-0.39, 0.29) is 5.38 Å². The van der Waals surface area contributed by atoms with Crippen LogP contribution in [0.5, 0.6) is 5.75 Å². The van der Waals surface area contributed by atoms with E-state index in [1.807, 2.05) is 18.2 Å². The highest BCUT2D eigenvalue weighted by molar-refractivity contribution is 6.20. The molecule has 20 heavy (non-hydrogen) atoms. The van der Waals surface area contributed by atoms with Crippen LogP contribution < -0.4 is 4.74 Å². The minimum Gasteiger partial charge on any atom is -0.490 e. The second-order valence-corrected chi connectivity index (χ2v) is 5.90. The van der Waals surface area contributed by atoms with Gasteiger partial charge in [-0.15, -0.1) is 11.6 Å². The first-order chi connectivity index (χ1) is 9.81. The molecule has 1 fully saturated rings. The second kappa shape index (κ2) is 6.32. The van der Waals surface area contributed by atoms with Crippen molar-refractivity contribution in [2.24, 2.45) is 0 Å². The normalized spacial score (nSPS) is 15.8. The van der Waals surface area contributed by atoms with Crippen molar-refractivity contribution in [3.05, 3.63) is 65.7 Å². The molecule has 2 heteroatoms. The topological polar surface area (TPSA) is 9.23 Å². The van der Waals surface area contributed by atoms with Gasteiger partial charge in [0, 0.05) is 0 Å². The average Bonchev–Trinajstić information content (AvgIpc) is 3.31. The number of halogens is 1. The molecule has 3 rings (SSSR count). The summed E-state index contributed by atoms with van der Waals surface area (Å²) in [6.45, 7) is 0. The number of hydrogen-bond donors (Lipinski definition) is 0. The molecule has 1 nitrogen and oxygen atoms in total. The summed E-state index contributed by atoms with van der Waals surface area (Å²) in [6.07, 6.45) is 4.81. The van der Waals surface area contributed by atoms with Crippen molar-refractivity contribution < 1.29 is 4.74 Å². The van der Waals surface area contributed by atoms with E-state index in [1.54, 1.807) is 0 Å². The molecule has 1 aliphatic rings. The third-order valence-electron chi connectivity index (χ3n) is 3.60. The van der Waals surface area contributed by atoms with Gasteiger partial charge >= 0.3 is 0 Å². The molecule has 0 heterocycles. The van der Waals surface area contributed by atoms with Crippen LogP contribution in [0.25, 0.3) is 0 Å². The van der Waals surface area contributed by atoms with Gasteiger partial charge in [0.15, 0.2) is 0 Å². The lowest BCUT2D eigenvalue weighted by molar-refractivity contribution is 0.303. The highest BCUT2D eigenvalue weighted by atomic mass is 35.5. The summed E-state index contributed by atoms with van der Waals surface area (Å²) in [5.74, 6) is 0.988. The van der Waals surface area contributed by atoms with Gasteiger partial charge < -0.3 is 4.74 Å². The Kier molecular flexibility index (Phi) is 4.27. The van der Waals surface area contributed by atoms with E-state index in [2.05, 4.69) is 36.4 Å². The van der Waals surface area contributed by atoms with Crippen molar-refractivity contribution in [2.75, 3.05) is 0 Å². The van der Waals surface area contributed by atoms with E-state index in [4.69, 9.17) is 16.3 Å². The number of rotatable bonds is 6. The van der Waals surface area contributed by atoms with Crippen LogP contribution in [0.4, 0.5) is 0 Å². The fraction of sp³-hybridized carbons (Fsp3) is 0.333. The number of ether oxygens (including phenoxy) is 1. The molecule has 0 N–H and O–H groups in total. The molecule has 0 radical (unpaired) electrons. The Morgan fingerprint density at radius 1 is 1.00 bits per heavy atom. The first-order valence-electron chi connectivity index (χ1n) is 7.26. The van der Waals surface area contributed by atoms with Gasteiger partial charge in [-0.25, -0.2) is 0 Å². The molecule has 0 aliphatic heterocycles. The molecule has 0 amide bonds. The van der Waals surface area contributed by atoms with Crippen LogP contribution in [0.1, 0.15) is 35.8 Å². The largest absolute Gasteiger partial charge is 0.490 e.